The van der Waals surface area contributed by atoms with Gasteiger partial charge in [0.15, 0.2) is 5.96 Å². The molecule has 0 aliphatic carbocycles. The summed E-state index contributed by atoms with van der Waals surface area (Å²) in [4.78, 5) is 6.69. The van der Waals surface area contributed by atoms with Gasteiger partial charge in [-0.05, 0) is 44.0 Å². The zero-order valence-corrected chi connectivity index (χ0v) is 15.1. The van der Waals surface area contributed by atoms with E-state index in [1.54, 1.807) is 7.11 Å². The molecular weight excluding hydrogens is 288 g/mol. The van der Waals surface area contributed by atoms with Crippen LogP contribution in [0.15, 0.2) is 23.2 Å². The lowest BCUT2D eigenvalue weighted by atomic mass is 10.0. The molecule has 0 heterocycles. The first-order chi connectivity index (χ1) is 11.1. The zero-order chi connectivity index (χ0) is 17.1. The molecule has 0 aromatic heterocycles. The molecular formula is C18H32N4O. The summed E-state index contributed by atoms with van der Waals surface area (Å²) in [6.45, 7) is 7.73. The van der Waals surface area contributed by atoms with E-state index < -0.39 is 0 Å². The first-order valence-electron chi connectivity index (χ1n) is 8.47. The number of nitrogens with one attached hydrogen (secondary N) is 1. The number of para-hydroxylation sites is 1. The van der Waals surface area contributed by atoms with Gasteiger partial charge in [0.2, 0.25) is 0 Å². The molecule has 0 amide bonds. The number of guanidine groups is 1. The van der Waals surface area contributed by atoms with Crippen molar-refractivity contribution in [3.8, 4) is 0 Å². The van der Waals surface area contributed by atoms with Crippen molar-refractivity contribution in [1.82, 2.24) is 4.90 Å². The maximum Gasteiger partial charge on any atom is 0.193 e. The predicted molar refractivity (Wildman–Crippen MR) is 99.3 cm³/mol. The molecule has 0 radical (unpaired) electrons. The molecule has 23 heavy (non-hydrogen) atoms. The number of rotatable bonds is 10. The molecule has 1 rings (SSSR count). The minimum atomic E-state index is 0.500. The van der Waals surface area contributed by atoms with Gasteiger partial charge in [0, 0.05) is 25.9 Å². The van der Waals surface area contributed by atoms with E-state index in [4.69, 9.17) is 10.5 Å². The molecule has 5 nitrogen and oxygen atoms in total. The van der Waals surface area contributed by atoms with Crippen LogP contribution in [0, 0.1) is 0 Å². The monoisotopic (exact) mass is 320 g/mol. The second-order valence-corrected chi connectivity index (χ2v) is 5.70. The van der Waals surface area contributed by atoms with E-state index in [1.165, 1.54) is 11.1 Å². The van der Waals surface area contributed by atoms with Crippen LogP contribution in [-0.4, -0.2) is 51.3 Å². The number of methoxy groups -OCH3 is 1. The first kappa shape index (κ1) is 19.5. The SMILES string of the molecule is CCc1cccc(CC)c1NC(N)=NCCCN(C)CCOC. The Bertz CT molecular complexity index is 466. The van der Waals surface area contributed by atoms with E-state index in [9.17, 15) is 0 Å². The number of aliphatic imine (C=N–C) groups is 1. The Morgan fingerprint density at radius 2 is 1.87 bits per heavy atom. The quantitative estimate of drug-likeness (QED) is 0.395. The first-order valence-corrected chi connectivity index (χ1v) is 8.47. The van der Waals surface area contributed by atoms with Crippen molar-refractivity contribution < 1.29 is 4.74 Å². The summed E-state index contributed by atoms with van der Waals surface area (Å²) < 4.78 is 5.07. The summed E-state index contributed by atoms with van der Waals surface area (Å²) in [5.74, 6) is 0.500. The molecule has 5 heteroatoms. The largest absolute Gasteiger partial charge is 0.383 e. The lowest BCUT2D eigenvalue weighted by Crippen LogP contribution is -2.26. The van der Waals surface area contributed by atoms with Crippen LogP contribution in [0.1, 0.15) is 31.4 Å². The molecule has 0 saturated carbocycles. The fourth-order valence-electron chi connectivity index (χ4n) is 2.47. The molecule has 130 valence electrons. The zero-order valence-electron chi connectivity index (χ0n) is 15.1. The van der Waals surface area contributed by atoms with E-state index in [1.807, 2.05) is 0 Å². The number of benzene rings is 1. The van der Waals surface area contributed by atoms with Crippen LogP contribution in [0.25, 0.3) is 0 Å². The summed E-state index contributed by atoms with van der Waals surface area (Å²) in [5, 5.41) is 3.30. The number of ether oxygens (including phenoxy) is 1. The second kappa shape index (κ2) is 11.0. The Morgan fingerprint density at radius 1 is 1.22 bits per heavy atom. The number of nitrogens with two attached hydrogens (primary N) is 1. The summed E-state index contributed by atoms with van der Waals surface area (Å²) in [6.07, 6.45) is 2.94. The van der Waals surface area contributed by atoms with Gasteiger partial charge in [-0.15, -0.1) is 0 Å². The molecule has 0 atom stereocenters. The number of anilines is 1. The molecule has 0 spiro atoms. The fourth-order valence-corrected chi connectivity index (χ4v) is 2.47. The van der Waals surface area contributed by atoms with Gasteiger partial charge in [0.1, 0.15) is 0 Å². The van der Waals surface area contributed by atoms with E-state index in [-0.39, 0.29) is 0 Å². The molecule has 0 aliphatic heterocycles. The third-order valence-electron chi connectivity index (χ3n) is 3.91. The Balaban J connectivity index is 2.51. The average Bonchev–Trinajstić information content (AvgIpc) is 2.57. The standard InChI is InChI=1S/C18H32N4O/c1-5-15-9-7-10-16(6-2)17(15)21-18(19)20-11-8-12-22(3)13-14-23-4/h7,9-10H,5-6,8,11-14H2,1-4H3,(H3,19,20,21). The molecule has 0 unspecified atom stereocenters. The number of hydrogen-bond donors (Lipinski definition) is 2. The van der Waals surface area contributed by atoms with Crippen molar-refractivity contribution in [1.29, 1.82) is 0 Å². The second-order valence-electron chi connectivity index (χ2n) is 5.70. The normalized spacial score (nSPS) is 12.0. The fraction of sp³-hybridized carbons (Fsp3) is 0.611. The Morgan fingerprint density at radius 3 is 2.43 bits per heavy atom. The van der Waals surface area contributed by atoms with Crippen LogP contribution in [0.5, 0.6) is 0 Å². The number of hydrogen-bond acceptors (Lipinski definition) is 3. The van der Waals surface area contributed by atoms with Crippen molar-refractivity contribution in [3.63, 3.8) is 0 Å². The molecule has 0 fully saturated rings. The summed E-state index contributed by atoms with van der Waals surface area (Å²) in [6, 6.07) is 6.38. The van der Waals surface area contributed by atoms with Crippen molar-refractivity contribution in [2.45, 2.75) is 33.1 Å². The minimum absolute atomic E-state index is 0.500. The number of likely N-dealkylation sites (N-methyl/N-ethyl adjacent to an activating group) is 1. The van der Waals surface area contributed by atoms with Crippen molar-refractivity contribution >= 4 is 11.6 Å². The molecule has 1 aromatic rings. The van der Waals surface area contributed by atoms with Gasteiger partial charge in [-0.2, -0.15) is 0 Å². The number of nitrogens with zero attached hydrogens (tertiary/aromatic N) is 2. The van der Waals surface area contributed by atoms with Gasteiger partial charge in [0.05, 0.1) is 6.61 Å². The lowest BCUT2D eigenvalue weighted by Gasteiger charge is -2.16. The molecule has 0 bridgehead atoms. The molecule has 0 saturated heterocycles. The van der Waals surface area contributed by atoms with E-state index in [2.05, 4.69) is 54.3 Å². The Labute approximate surface area is 140 Å². The highest BCUT2D eigenvalue weighted by molar-refractivity contribution is 5.93. The predicted octanol–water partition coefficient (Wildman–Crippen LogP) is 2.51. The van der Waals surface area contributed by atoms with Crippen molar-refractivity contribution in [3.05, 3.63) is 29.3 Å². The molecule has 1 aromatic carbocycles. The van der Waals surface area contributed by atoms with Crippen LogP contribution in [0.2, 0.25) is 0 Å². The third-order valence-corrected chi connectivity index (χ3v) is 3.91. The van der Waals surface area contributed by atoms with Crippen LogP contribution in [0.4, 0.5) is 5.69 Å². The molecule has 0 aliphatic rings. The summed E-state index contributed by atoms with van der Waals surface area (Å²) in [5.41, 5.74) is 9.74. The van der Waals surface area contributed by atoms with Gasteiger partial charge >= 0.3 is 0 Å². The summed E-state index contributed by atoms with van der Waals surface area (Å²) in [7, 11) is 3.82. The van der Waals surface area contributed by atoms with Gasteiger partial charge in [-0.1, -0.05) is 32.0 Å². The smallest absolute Gasteiger partial charge is 0.193 e. The molecule has 3 N–H and O–H groups in total. The van der Waals surface area contributed by atoms with E-state index in [0.29, 0.717) is 5.96 Å². The highest BCUT2D eigenvalue weighted by Gasteiger charge is 2.06. The van der Waals surface area contributed by atoms with Crippen molar-refractivity contribution in [2.75, 3.05) is 45.7 Å². The van der Waals surface area contributed by atoms with Gasteiger partial charge in [-0.3, -0.25) is 4.99 Å². The third kappa shape index (κ3) is 7.01. The number of aryl methyl sites for hydroxylation is 2. The lowest BCUT2D eigenvalue weighted by molar-refractivity contribution is 0.161. The maximum absolute atomic E-state index is 6.06. The minimum Gasteiger partial charge on any atom is -0.383 e. The van der Waals surface area contributed by atoms with Crippen LogP contribution < -0.4 is 11.1 Å². The maximum atomic E-state index is 6.06. The topological polar surface area (TPSA) is 62.9 Å². The Hall–Kier alpha value is -1.59. The van der Waals surface area contributed by atoms with Gasteiger partial charge in [0.25, 0.3) is 0 Å². The van der Waals surface area contributed by atoms with Crippen LogP contribution >= 0.6 is 0 Å². The summed E-state index contributed by atoms with van der Waals surface area (Å²) >= 11 is 0. The van der Waals surface area contributed by atoms with Crippen molar-refractivity contribution in [2.24, 2.45) is 10.7 Å². The highest BCUT2D eigenvalue weighted by atomic mass is 16.5. The van der Waals surface area contributed by atoms with E-state index >= 15 is 0 Å². The van der Waals surface area contributed by atoms with E-state index in [0.717, 1.165) is 51.2 Å². The highest BCUT2D eigenvalue weighted by Crippen LogP contribution is 2.22. The van der Waals surface area contributed by atoms with Gasteiger partial charge < -0.3 is 20.7 Å². The average molecular weight is 320 g/mol. The van der Waals surface area contributed by atoms with Crippen LogP contribution in [0.3, 0.4) is 0 Å². The van der Waals surface area contributed by atoms with Gasteiger partial charge in [-0.25, -0.2) is 0 Å². The van der Waals surface area contributed by atoms with Crippen LogP contribution in [-0.2, 0) is 17.6 Å². The Kier molecular flexibility index (Phi) is 9.33.